The normalized spacial score (nSPS) is 24.2. The van der Waals surface area contributed by atoms with E-state index in [1.807, 2.05) is 12.1 Å². The third-order valence-corrected chi connectivity index (χ3v) is 6.86. The van der Waals surface area contributed by atoms with Crippen LogP contribution in [0.4, 0.5) is 4.39 Å². The first-order valence-corrected chi connectivity index (χ1v) is 11.4. The number of benzene rings is 1. The molecule has 3 aromatic rings. The van der Waals surface area contributed by atoms with Crippen LogP contribution in [0.25, 0.3) is 5.65 Å². The predicted molar refractivity (Wildman–Crippen MR) is 118 cm³/mol. The van der Waals surface area contributed by atoms with Crippen molar-refractivity contribution < 1.29 is 14.2 Å². The maximum Gasteiger partial charge on any atom is 0.350 e. The molecule has 2 bridgehead atoms. The highest BCUT2D eigenvalue weighted by Gasteiger charge is 2.41. The molecule has 1 N–H and O–H groups in total. The Morgan fingerprint density at radius 1 is 1.12 bits per heavy atom. The topological polar surface area (TPSA) is 72.0 Å². The minimum atomic E-state index is -0.523. The maximum atomic E-state index is 13.9. The molecule has 5 rings (SSSR count). The van der Waals surface area contributed by atoms with Crippen LogP contribution in [0.3, 0.4) is 0 Å². The fourth-order valence-corrected chi connectivity index (χ4v) is 5.20. The zero-order chi connectivity index (χ0) is 22.1. The van der Waals surface area contributed by atoms with Crippen LogP contribution in [0.15, 0.2) is 53.5 Å². The summed E-state index contributed by atoms with van der Waals surface area (Å²) >= 11 is 0. The van der Waals surface area contributed by atoms with E-state index >= 15 is 0 Å². The third kappa shape index (κ3) is 4.35. The maximum absolute atomic E-state index is 13.9. The molecule has 0 saturated carbocycles. The number of fused-ring (bicyclic) bond motifs is 3. The van der Waals surface area contributed by atoms with Gasteiger partial charge in [0.1, 0.15) is 5.82 Å². The average Bonchev–Trinajstić information content (AvgIpc) is 3.23. The highest BCUT2D eigenvalue weighted by molar-refractivity contribution is 5.35. The monoisotopic (exact) mass is 440 g/mol. The lowest BCUT2D eigenvalue weighted by molar-refractivity contribution is -0.0402. The first kappa shape index (κ1) is 21.3. The van der Waals surface area contributed by atoms with Crippen molar-refractivity contribution >= 4 is 5.65 Å². The van der Waals surface area contributed by atoms with Crippen LogP contribution in [-0.2, 0) is 17.9 Å². The molecule has 0 radical (unpaired) electrons. The van der Waals surface area contributed by atoms with E-state index in [1.165, 1.54) is 15.1 Å². The molecule has 3 atom stereocenters. The van der Waals surface area contributed by atoms with Crippen molar-refractivity contribution in [2.75, 3.05) is 6.54 Å². The molecule has 0 aliphatic carbocycles. The second-order valence-electron chi connectivity index (χ2n) is 8.95. The van der Waals surface area contributed by atoms with Crippen molar-refractivity contribution in [2.24, 2.45) is 0 Å². The highest BCUT2D eigenvalue weighted by atomic mass is 19.1. The molecule has 2 aliphatic rings. The summed E-state index contributed by atoms with van der Waals surface area (Å²) in [6.45, 7) is 1.28. The number of piperidine rings is 1. The van der Waals surface area contributed by atoms with E-state index in [0.717, 1.165) is 25.7 Å². The number of rotatable bonds is 8. The quantitative estimate of drug-likeness (QED) is 0.583. The Balaban J connectivity index is 1.13. The molecular weight excluding hydrogens is 411 g/mol. The van der Waals surface area contributed by atoms with Gasteiger partial charge in [0.2, 0.25) is 0 Å². The van der Waals surface area contributed by atoms with Crippen LogP contribution in [-0.4, -0.2) is 55.0 Å². The van der Waals surface area contributed by atoms with Gasteiger partial charge in [0.15, 0.2) is 5.65 Å². The fraction of sp³-hybridized carbons (Fsp3) is 0.500. The molecule has 2 aliphatic heterocycles. The van der Waals surface area contributed by atoms with Crippen molar-refractivity contribution in [2.45, 2.75) is 69.5 Å². The number of aryl methyl sites for hydroxylation is 1. The predicted octanol–water partition coefficient (Wildman–Crippen LogP) is 2.60. The van der Waals surface area contributed by atoms with Crippen LogP contribution in [0, 0.1) is 5.82 Å². The van der Waals surface area contributed by atoms with E-state index in [2.05, 4.69) is 10.00 Å². The second kappa shape index (κ2) is 9.13. The van der Waals surface area contributed by atoms with Crippen LogP contribution in [0.2, 0.25) is 0 Å². The summed E-state index contributed by atoms with van der Waals surface area (Å²) in [5.74, 6) is -0.222. The van der Waals surface area contributed by atoms with Gasteiger partial charge >= 0.3 is 5.69 Å². The Morgan fingerprint density at radius 2 is 1.88 bits per heavy atom. The molecule has 1 aromatic carbocycles. The Morgan fingerprint density at radius 3 is 2.62 bits per heavy atom. The van der Waals surface area contributed by atoms with Gasteiger partial charge in [-0.3, -0.25) is 9.30 Å². The lowest BCUT2D eigenvalue weighted by Gasteiger charge is -2.39. The Hall–Kier alpha value is -2.55. The molecule has 2 unspecified atom stereocenters. The van der Waals surface area contributed by atoms with Crippen molar-refractivity contribution in [3.8, 4) is 0 Å². The standard InChI is InChI=1S/C24H29FN4O3/c25-22-6-2-1-5-17(22)16-32-21-13-18-8-9-19(14-21)28(18)15-20(30)10-12-29-24(31)27-11-4-3-7-23(27)26-29/h1-7,11,18-21,30H,8-10,12-16H2/t18?,19?,20-,21?/m0/s1. The smallest absolute Gasteiger partial charge is 0.350 e. The molecule has 0 spiro atoms. The lowest BCUT2D eigenvalue weighted by Crippen LogP contribution is -2.48. The summed E-state index contributed by atoms with van der Waals surface area (Å²) < 4.78 is 22.8. The number of aliphatic hydroxyl groups is 1. The Bertz CT molecular complexity index is 1120. The summed E-state index contributed by atoms with van der Waals surface area (Å²) in [5, 5.41) is 15.0. The van der Waals surface area contributed by atoms with Gasteiger partial charge in [-0.05, 0) is 50.3 Å². The fourth-order valence-electron chi connectivity index (χ4n) is 5.20. The Kier molecular flexibility index (Phi) is 6.08. The zero-order valence-electron chi connectivity index (χ0n) is 18.0. The van der Waals surface area contributed by atoms with Crippen molar-refractivity contribution in [1.29, 1.82) is 0 Å². The average molecular weight is 441 g/mol. The first-order chi connectivity index (χ1) is 15.6. The van der Waals surface area contributed by atoms with Gasteiger partial charge in [0.25, 0.3) is 0 Å². The summed E-state index contributed by atoms with van der Waals surface area (Å²) in [6, 6.07) is 13.0. The first-order valence-electron chi connectivity index (χ1n) is 11.4. The molecule has 0 amide bonds. The number of aliphatic hydroxyl groups excluding tert-OH is 1. The zero-order valence-corrected chi connectivity index (χ0v) is 18.0. The molecule has 2 saturated heterocycles. The molecule has 2 aromatic heterocycles. The van der Waals surface area contributed by atoms with Crippen molar-refractivity contribution in [1.82, 2.24) is 19.1 Å². The van der Waals surface area contributed by atoms with E-state index < -0.39 is 6.10 Å². The summed E-state index contributed by atoms with van der Waals surface area (Å²) in [5.41, 5.74) is 1.03. The number of ether oxygens (including phenoxy) is 1. The summed E-state index contributed by atoms with van der Waals surface area (Å²) in [4.78, 5) is 14.8. The van der Waals surface area contributed by atoms with Gasteiger partial charge in [0.05, 0.1) is 18.8 Å². The van der Waals surface area contributed by atoms with Gasteiger partial charge in [0, 0.05) is 36.9 Å². The number of hydrogen-bond donors (Lipinski definition) is 1. The van der Waals surface area contributed by atoms with Crippen LogP contribution in [0.1, 0.15) is 37.7 Å². The summed E-state index contributed by atoms with van der Waals surface area (Å²) in [6.07, 6.45) is 5.79. The van der Waals surface area contributed by atoms with Crippen molar-refractivity contribution in [3.63, 3.8) is 0 Å². The van der Waals surface area contributed by atoms with E-state index in [9.17, 15) is 14.3 Å². The van der Waals surface area contributed by atoms with Gasteiger partial charge in [-0.1, -0.05) is 24.3 Å². The number of aromatic nitrogens is 3. The molecule has 4 heterocycles. The van der Waals surface area contributed by atoms with E-state index in [-0.39, 0.29) is 17.6 Å². The second-order valence-corrected chi connectivity index (χ2v) is 8.95. The largest absolute Gasteiger partial charge is 0.392 e. The lowest BCUT2D eigenvalue weighted by atomic mass is 9.98. The minimum Gasteiger partial charge on any atom is -0.392 e. The SMILES string of the molecule is O=c1n(CC[C@H](O)CN2C3CCC2CC(OCc2ccccc2F)C3)nc2ccccn12. The van der Waals surface area contributed by atoms with Gasteiger partial charge in [-0.15, -0.1) is 5.10 Å². The summed E-state index contributed by atoms with van der Waals surface area (Å²) in [7, 11) is 0. The molecule has 2 fully saturated rings. The molecular formula is C24H29FN4O3. The number of pyridine rings is 1. The molecule has 8 heteroatoms. The molecule has 7 nitrogen and oxygen atoms in total. The number of halogens is 1. The molecule has 170 valence electrons. The van der Waals surface area contributed by atoms with Gasteiger partial charge in [-0.2, -0.15) is 0 Å². The van der Waals surface area contributed by atoms with Crippen LogP contribution in [0.5, 0.6) is 0 Å². The van der Waals surface area contributed by atoms with E-state index in [1.54, 1.807) is 30.5 Å². The van der Waals surface area contributed by atoms with Gasteiger partial charge < -0.3 is 9.84 Å². The van der Waals surface area contributed by atoms with Gasteiger partial charge in [-0.25, -0.2) is 13.9 Å². The van der Waals surface area contributed by atoms with Crippen LogP contribution < -0.4 is 5.69 Å². The Labute approximate surface area is 186 Å². The highest BCUT2D eigenvalue weighted by Crippen LogP contribution is 2.37. The van der Waals surface area contributed by atoms with E-state index in [4.69, 9.17) is 4.74 Å². The van der Waals surface area contributed by atoms with E-state index in [0.29, 0.717) is 49.4 Å². The third-order valence-electron chi connectivity index (χ3n) is 6.86. The minimum absolute atomic E-state index is 0.122. The van der Waals surface area contributed by atoms with Crippen LogP contribution >= 0.6 is 0 Å². The molecule has 32 heavy (non-hydrogen) atoms. The number of hydrogen-bond acceptors (Lipinski definition) is 5. The number of nitrogens with zero attached hydrogens (tertiary/aromatic N) is 4. The van der Waals surface area contributed by atoms with Crippen molar-refractivity contribution in [3.05, 3.63) is 70.5 Å².